The van der Waals surface area contributed by atoms with Gasteiger partial charge in [0.05, 0.1) is 11.9 Å². The second-order valence-corrected chi connectivity index (χ2v) is 2.41. The van der Waals surface area contributed by atoms with Crippen molar-refractivity contribution in [2.75, 3.05) is 5.73 Å². The second kappa shape index (κ2) is 2.65. The van der Waals surface area contributed by atoms with Gasteiger partial charge in [0.1, 0.15) is 5.82 Å². The second-order valence-electron chi connectivity index (χ2n) is 2.41. The predicted molar refractivity (Wildman–Crippen MR) is 45.8 cm³/mol. The Labute approximate surface area is 69.6 Å². The van der Waals surface area contributed by atoms with Crippen LogP contribution in [0.2, 0.25) is 0 Å². The van der Waals surface area contributed by atoms with E-state index in [1.807, 2.05) is 30.3 Å². The fourth-order valence-corrected chi connectivity index (χ4v) is 1.01. The number of para-hydroxylation sites is 1. The fourth-order valence-electron chi connectivity index (χ4n) is 1.01. The highest BCUT2D eigenvalue weighted by molar-refractivity contribution is 5.38. The molecule has 1 aromatic carbocycles. The van der Waals surface area contributed by atoms with Crippen LogP contribution in [0.1, 0.15) is 0 Å². The van der Waals surface area contributed by atoms with Crippen molar-refractivity contribution < 1.29 is 0 Å². The molecule has 0 aliphatic heterocycles. The highest BCUT2D eigenvalue weighted by Crippen LogP contribution is 2.08. The van der Waals surface area contributed by atoms with Crippen molar-refractivity contribution in [3.05, 3.63) is 36.5 Å². The molecule has 1 heterocycles. The zero-order valence-corrected chi connectivity index (χ0v) is 6.38. The van der Waals surface area contributed by atoms with Crippen LogP contribution in [0.15, 0.2) is 36.5 Å². The average molecular weight is 160 g/mol. The first kappa shape index (κ1) is 6.84. The number of nitrogens with two attached hydrogens (primary N) is 1. The molecule has 0 amide bonds. The lowest BCUT2D eigenvalue weighted by Gasteiger charge is -1.99. The minimum atomic E-state index is 0.543. The van der Waals surface area contributed by atoms with E-state index in [1.54, 1.807) is 4.68 Å². The highest BCUT2D eigenvalue weighted by Gasteiger charge is 1.99. The minimum Gasteiger partial charge on any atom is -0.382 e. The molecule has 0 saturated carbocycles. The first-order valence-electron chi connectivity index (χ1n) is 3.59. The summed E-state index contributed by atoms with van der Waals surface area (Å²) >= 11 is 0. The molecule has 0 spiro atoms. The van der Waals surface area contributed by atoms with Gasteiger partial charge in [0.15, 0.2) is 0 Å². The number of hydrogen-bond acceptors (Lipinski definition) is 3. The Morgan fingerprint density at radius 3 is 2.50 bits per heavy atom. The molecular formula is C8H8N4. The van der Waals surface area contributed by atoms with E-state index in [-0.39, 0.29) is 0 Å². The van der Waals surface area contributed by atoms with Gasteiger partial charge in [-0.15, -0.1) is 5.10 Å². The molecule has 1 aromatic heterocycles. The zero-order chi connectivity index (χ0) is 8.39. The first-order valence-corrected chi connectivity index (χ1v) is 3.59. The summed E-state index contributed by atoms with van der Waals surface area (Å²) in [5.74, 6) is 0.543. The molecule has 0 atom stereocenters. The summed E-state index contributed by atoms with van der Waals surface area (Å²) in [6.07, 6.45) is 1.52. The van der Waals surface area contributed by atoms with Crippen molar-refractivity contribution in [3.63, 3.8) is 0 Å². The van der Waals surface area contributed by atoms with Gasteiger partial charge >= 0.3 is 0 Å². The van der Waals surface area contributed by atoms with Crippen molar-refractivity contribution in [1.82, 2.24) is 15.0 Å². The normalized spacial score (nSPS) is 10.0. The molecular weight excluding hydrogens is 152 g/mol. The van der Waals surface area contributed by atoms with Gasteiger partial charge < -0.3 is 5.73 Å². The van der Waals surface area contributed by atoms with E-state index in [4.69, 9.17) is 5.73 Å². The number of nitrogens with zero attached hydrogens (tertiary/aromatic N) is 3. The molecule has 0 bridgehead atoms. The van der Waals surface area contributed by atoms with Gasteiger partial charge in [0.2, 0.25) is 0 Å². The molecule has 0 fully saturated rings. The summed E-state index contributed by atoms with van der Waals surface area (Å²) in [5, 5.41) is 7.51. The summed E-state index contributed by atoms with van der Waals surface area (Å²) in [7, 11) is 0. The van der Waals surface area contributed by atoms with E-state index in [9.17, 15) is 0 Å². The molecule has 2 rings (SSSR count). The standard InChI is InChI=1S/C8H8N4/c9-8-6-10-11-12(8)7-4-2-1-3-5-7/h1-6H,9H2. The number of anilines is 1. The van der Waals surface area contributed by atoms with Gasteiger partial charge in [-0.1, -0.05) is 23.4 Å². The summed E-state index contributed by atoms with van der Waals surface area (Å²) in [6, 6.07) is 9.64. The van der Waals surface area contributed by atoms with Crippen LogP contribution in [0.4, 0.5) is 5.82 Å². The van der Waals surface area contributed by atoms with Crippen molar-refractivity contribution in [2.45, 2.75) is 0 Å². The zero-order valence-electron chi connectivity index (χ0n) is 6.38. The van der Waals surface area contributed by atoms with Crippen molar-refractivity contribution >= 4 is 5.82 Å². The molecule has 4 heteroatoms. The summed E-state index contributed by atoms with van der Waals surface area (Å²) in [4.78, 5) is 0. The molecule has 12 heavy (non-hydrogen) atoms. The lowest BCUT2D eigenvalue weighted by atomic mass is 10.3. The Morgan fingerprint density at radius 2 is 1.92 bits per heavy atom. The summed E-state index contributed by atoms with van der Waals surface area (Å²) < 4.78 is 1.58. The quantitative estimate of drug-likeness (QED) is 0.672. The Bertz CT molecular complexity index is 366. The topological polar surface area (TPSA) is 56.7 Å². The molecule has 2 aromatic rings. The molecule has 0 radical (unpaired) electrons. The molecule has 0 aliphatic carbocycles. The maximum absolute atomic E-state index is 5.61. The van der Waals surface area contributed by atoms with Gasteiger partial charge in [-0.3, -0.25) is 0 Å². The third-order valence-electron chi connectivity index (χ3n) is 1.58. The molecule has 2 N–H and O–H groups in total. The van der Waals surface area contributed by atoms with Gasteiger partial charge in [-0.05, 0) is 12.1 Å². The Hall–Kier alpha value is -1.84. The predicted octanol–water partition coefficient (Wildman–Crippen LogP) is 0.849. The number of rotatable bonds is 1. The number of benzene rings is 1. The van der Waals surface area contributed by atoms with Gasteiger partial charge in [0.25, 0.3) is 0 Å². The number of hydrogen-bond donors (Lipinski definition) is 1. The van der Waals surface area contributed by atoms with E-state index in [0.29, 0.717) is 5.82 Å². The lowest BCUT2D eigenvalue weighted by molar-refractivity contribution is 0.810. The van der Waals surface area contributed by atoms with Crippen LogP contribution in [-0.4, -0.2) is 15.0 Å². The monoisotopic (exact) mass is 160 g/mol. The largest absolute Gasteiger partial charge is 0.382 e. The van der Waals surface area contributed by atoms with Crippen molar-refractivity contribution in [1.29, 1.82) is 0 Å². The van der Waals surface area contributed by atoms with E-state index in [2.05, 4.69) is 10.3 Å². The molecule has 60 valence electrons. The molecule has 0 unspecified atom stereocenters. The van der Waals surface area contributed by atoms with Crippen LogP contribution in [0.5, 0.6) is 0 Å². The van der Waals surface area contributed by atoms with Gasteiger partial charge in [0, 0.05) is 0 Å². The molecule has 0 aliphatic rings. The Balaban J connectivity index is 2.51. The van der Waals surface area contributed by atoms with E-state index in [0.717, 1.165) is 5.69 Å². The summed E-state index contributed by atoms with van der Waals surface area (Å²) in [6.45, 7) is 0. The smallest absolute Gasteiger partial charge is 0.147 e. The molecule has 4 nitrogen and oxygen atoms in total. The maximum Gasteiger partial charge on any atom is 0.147 e. The van der Waals surface area contributed by atoms with E-state index >= 15 is 0 Å². The van der Waals surface area contributed by atoms with Crippen LogP contribution in [-0.2, 0) is 0 Å². The number of aromatic nitrogens is 3. The highest BCUT2D eigenvalue weighted by atomic mass is 15.4. The van der Waals surface area contributed by atoms with Crippen LogP contribution >= 0.6 is 0 Å². The minimum absolute atomic E-state index is 0.543. The first-order chi connectivity index (χ1) is 5.88. The van der Waals surface area contributed by atoms with Crippen LogP contribution < -0.4 is 5.73 Å². The molecule has 0 saturated heterocycles. The van der Waals surface area contributed by atoms with E-state index in [1.165, 1.54) is 6.20 Å². The summed E-state index contributed by atoms with van der Waals surface area (Å²) in [5.41, 5.74) is 6.53. The Morgan fingerprint density at radius 1 is 1.17 bits per heavy atom. The fraction of sp³-hybridized carbons (Fsp3) is 0. The van der Waals surface area contributed by atoms with E-state index < -0.39 is 0 Å². The van der Waals surface area contributed by atoms with Crippen LogP contribution in [0, 0.1) is 0 Å². The van der Waals surface area contributed by atoms with Gasteiger partial charge in [-0.25, -0.2) is 0 Å². The van der Waals surface area contributed by atoms with Crippen LogP contribution in [0.3, 0.4) is 0 Å². The maximum atomic E-state index is 5.61. The lowest BCUT2D eigenvalue weighted by Crippen LogP contribution is -2.00. The average Bonchev–Trinajstić information content (AvgIpc) is 2.53. The third-order valence-corrected chi connectivity index (χ3v) is 1.58. The van der Waals surface area contributed by atoms with Crippen molar-refractivity contribution in [3.8, 4) is 5.69 Å². The SMILES string of the molecule is Nc1cnnn1-c1ccccc1. The van der Waals surface area contributed by atoms with Crippen LogP contribution in [0.25, 0.3) is 5.69 Å². The van der Waals surface area contributed by atoms with Gasteiger partial charge in [-0.2, -0.15) is 4.68 Å². The Kier molecular flexibility index (Phi) is 1.51. The number of nitrogen functional groups attached to an aromatic ring is 1. The third kappa shape index (κ3) is 1.03. The van der Waals surface area contributed by atoms with Crippen molar-refractivity contribution in [2.24, 2.45) is 0 Å².